The van der Waals surface area contributed by atoms with Gasteiger partial charge in [-0.1, -0.05) is 0 Å². The van der Waals surface area contributed by atoms with Crippen LogP contribution < -0.4 is 10.2 Å². The number of anilines is 1. The molecule has 148 valence electrons. The highest BCUT2D eigenvalue weighted by molar-refractivity contribution is 7.80. The third kappa shape index (κ3) is 6.38. The molecule has 0 aliphatic heterocycles. The van der Waals surface area contributed by atoms with Crippen molar-refractivity contribution in [3.05, 3.63) is 54.1 Å². The number of hydrogen-bond donors (Lipinski definition) is 3. The molecule has 0 aliphatic carbocycles. The fraction of sp³-hybridized carbons (Fsp3) is 0.300. The molecule has 6 nitrogen and oxygen atoms in total. The highest BCUT2D eigenvalue weighted by Crippen LogP contribution is 2.21. The van der Waals surface area contributed by atoms with Gasteiger partial charge in [-0.3, -0.25) is 9.59 Å². The minimum atomic E-state index is -0.618. The van der Waals surface area contributed by atoms with Gasteiger partial charge in [0.15, 0.2) is 5.78 Å². The minimum absolute atomic E-state index is 0.0796. The molecule has 0 spiro atoms. The second-order valence-electron chi connectivity index (χ2n) is 6.31. The maximum absolute atomic E-state index is 12.3. The molecule has 1 N–H and O–H groups in total. The molecule has 1 unspecified atom stereocenters. The first-order valence-corrected chi connectivity index (χ1v) is 10.1. The lowest BCUT2D eigenvalue weighted by molar-refractivity contribution is -0.119. The first-order chi connectivity index (χ1) is 13.4. The van der Waals surface area contributed by atoms with Crippen LogP contribution in [0.4, 0.5) is 17.1 Å². The van der Waals surface area contributed by atoms with Crippen molar-refractivity contribution < 1.29 is 9.59 Å². The number of carbonyl (C=O) groups excluding carboxylic acids is 2. The fourth-order valence-corrected chi connectivity index (χ4v) is 2.88. The first kappa shape index (κ1) is 22.0. The summed E-state index contributed by atoms with van der Waals surface area (Å²) in [5.41, 5.74) is 2.90. The van der Waals surface area contributed by atoms with Crippen LogP contribution in [0.15, 0.2) is 58.8 Å². The van der Waals surface area contributed by atoms with Crippen LogP contribution in [0.5, 0.6) is 0 Å². The molecule has 0 radical (unpaired) electrons. The molecule has 0 fully saturated rings. The quantitative estimate of drug-likeness (QED) is 0.426. The smallest absolute Gasteiger partial charge is 0.251 e. The van der Waals surface area contributed by atoms with Gasteiger partial charge < -0.3 is 10.2 Å². The molecule has 0 aromatic heterocycles. The summed E-state index contributed by atoms with van der Waals surface area (Å²) in [4.78, 5) is 26.3. The monoisotopic (exact) mass is 416 g/mol. The van der Waals surface area contributed by atoms with Crippen LogP contribution in [0.25, 0.3) is 0 Å². The molecule has 2 aromatic carbocycles. The molecule has 1 amide bonds. The van der Waals surface area contributed by atoms with Gasteiger partial charge in [0.1, 0.15) is 0 Å². The zero-order valence-electron chi connectivity index (χ0n) is 15.9. The summed E-state index contributed by atoms with van der Waals surface area (Å²) in [6.07, 6.45) is 0.295. The van der Waals surface area contributed by atoms with E-state index in [1.165, 1.54) is 0 Å². The second kappa shape index (κ2) is 10.9. The standard InChI is InChI=1S/C20H24N4O2S2/c1-24(2)17-9-7-16(8-10-17)23-22-15-5-3-14(4-6-15)20(26)21-18(13-28)19(25)11-12-27/h3-10,18,27-28H,11-13H2,1-2H3,(H,21,26). The maximum Gasteiger partial charge on any atom is 0.251 e. The predicted molar refractivity (Wildman–Crippen MR) is 120 cm³/mol. The van der Waals surface area contributed by atoms with Gasteiger partial charge in [-0.2, -0.15) is 35.5 Å². The number of hydrogen-bond acceptors (Lipinski definition) is 7. The largest absolute Gasteiger partial charge is 0.378 e. The predicted octanol–water partition coefficient (Wildman–Crippen LogP) is 4.09. The number of azo groups is 1. The van der Waals surface area contributed by atoms with E-state index < -0.39 is 6.04 Å². The Morgan fingerprint density at radius 3 is 1.96 bits per heavy atom. The van der Waals surface area contributed by atoms with Crippen molar-refractivity contribution in [3.63, 3.8) is 0 Å². The number of carbonyl (C=O) groups is 2. The molecule has 0 saturated heterocycles. The topological polar surface area (TPSA) is 74.1 Å². The number of nitrogens with one attached hydrogen (secondary N) is 1. The van der Waals surface area contributed by atoms with Crippen molar-refractivity contribution in [2.45, 2.75) is 12.5 Å². The first-order valence-electron chi connectivity index (χ1n) is 8.79. The molecular formula is C20H24N4O2S2. The lowest BCUT2D eigenvalue weighted by Gasteiger charge is -2.15. The average Bonchev–Trinajstić information content (AvgIpc) is 2.71. The Balaban J connectivity index is 2.00. The van der Waals surface area contributed by atoms with Crippen molar-refractivity contribution in [2.24, 2.45) is 10.2 Å². The van der Waals surface area contributed by atoms with E-state index in [-0.39, 0.29) is 17.4 Å². The van der Waals surface area contributed by atoms with E-state index in [0.717, 1.165) is 11.4 Å². The molecular weight excluding hydrogens is 392 g/mol. The number of Topliss-reactive ketones (excluding diaryl/α,β-unsaturated/α-hetero) is 1. The Hall–Kier alpha value is -2.32. The highest BCUT2D eigenvalue weighted by Gasteiger charge is 2.19. The van der Waals surface area contributed by atoms with Crippen LogP contribution in [0.2, 0.25) is 0 Å². The molecule has 0 saturated carbocycles. The van der Waals surface area contributed by atoms with E-state index in [1.807, 2.05) is 43.3 Å². The van der Waals surface area contributed by atoms with Crippen LogP contribution in [-0.4, -0.2) is 43.3 Å². The summed E-state index contributed by atoms with van der Waals surface area (Å²) in [7, 11) is 3.95. The van der Waals surface area contributed by atoms with Crippen molar-refractivity contribution in [1.29, 1.82) is 0 Å². The Labute approximate surface area is 176 Å². The normalized spacial score (nSPS) is 12.0. The van der Waals surface area contributed by atoms with Gasteiger partial charge in [0.2, 0.25) is 0 Å². The van der Waals surface area contributed by atoms with Crippen LogP contribution in [0, 0.1) is 0 Å². The van der Waals surface area contributed by atoms with E-state index in [9.17, 15) is 9.59 Å². The van der Waals surface area contributed by atoms with Crippen LogP contribution in [0.1, 0.15) is 16.8 Å². The third-order valence-corrected chi connectivity index (χ3v) is 4.60. The Kier molecular flexibility index (Phi) is 8.53. The molecule has 0 heterocycles. The zero-order valence-corrected chi connectivity index (χ0v) is 17.7. The summed E-state index contributed by atoms with van der Waals surface area (Å²) < 4.78 is 0. The highest BCUT2D eigenvalue weighted by atomic mass is 32.1. The van der Waals surface area contributed by atoms with Crippen molar-refractivity contribution in [1.82, 2.24) is 5.32 Å². The fourth-order valence-electron chi connectivity index (χ4n) is 2.37. The van der Waals surface area contributed by atoms with Gasteiger partial charge in [-0.05, 0) is 54.3 Å². The number of rotatable bonds is 9. The summed E-state index contributed by atoms with van der Waals surface area (Å²) in [5.74, 6) is 0.284. The number of benzene rings is 2. The Bertz CT molecular complexity index is 821. The second-order valence-corrected chi connectivity index (χ2v) is 7.12. The lowest BCUT2D eigenvalue weighted by Crippen LogP contribution is -2.42. The molecule has 28 heavy (non-hydrogen) atoms. The summed E-state index contributed by atoms with van der Waals surface area (Å²) in [6.45, 7) is 0. The summed E-state index contributed by atoms with van der Waals surface area (Å²) in [6, 6.07) is 13.8. The van der Waals surface area contributed by atoms with Gasteiger partial charge in [0.25, 0.3) is 5.91 Å². The van der Waals surface area contributed by atoms with Crippen molar-refractivity contribution in [2.75, 3.05) is 30.5 Å². The van der Waals surface area contributed by atoms with E-state index in [1.54, 1.807) is 24.3 Å². The number of amides is 1. The van der Waals surface area contributed by atoms with Gasteiger partial charge in [0, 0.05) is 37.5 Å². The van der Waals surface area contributed by atoms with E-state index >= 15 is 0 Å². The van der Waals surface area contributed by atoms with Crippen molar-refractivity contribution in [3.8, 4) is 0 Å². The van der Waals surface area contributed by atoms with E-state index in [4.69, 9.17) is 0 Å². The molecule has 0 bridgehead atoms. The SMILES string of the molecule is CN(C)c1ccc(N=Nc2ccc(C(=O)NC(CS)C(=O)CCS)cc2)cc1. The van der Waals surface area contributed by atoms with E-state index in [0.29, 0.717) is 23.4 Å². The van der Waals surface area contributed by atoms with Crippen LogP contribution >= 0.6 is 25.3 Å². The Morgan fingerprint density at radius 1 is 0.964 bits per heavy atom. The van der Waals surface area contributed by atoms with Gasteiger partial charge in [-0.15, -0.1) is 0 Å². The number of nitrogens with zero attached hydrogens (tertiary/aromatic N) is 3. The van der Waals surface area contributed by atoms with Crippen molar-refractivity contribution >= 4 is 54.0 Å². The third-order valence-electron chi connectivity index (χ3n) is 4.01. The number of ketones is 1. The number of thiol groups is 2. The minimum Gasteiger partial charge on any atom is -0.378 e. The average molecular weight is 417 g/mol. The van der Waals surface area contributed by atoms with Gasteiger partial charge in [-0.25, -0.2) is 0 Å². The zero-order chi connectivity index (χ0) is 20.5. The summed E-state index contributed by atoms with van der Waals surface area (Å²) in [5, 5.41) is 11.1. The van der Waals surface area contributed by atoms with Gasteiger partial charge in [0.05, 0.1) is 17.4 Å². The molecule has 2 aromatic rings. The molecule has 2 rings (SSSR count). The molecule has 1 atom stereocenters. The van der Waals surface area contributed by atoms with Crippen LogP contribution in [-0.2, 0) is 4.79 Å². The lowest BCUT2D eigenvalue weighted by atomic mass is 10.1. The summed E-state index contributed by atoms with van der Waals surface area (Å²) >= 11 is 8.19. The van der Waals surface area contributed by atoms with Gasteiger partial charge >= 0.3 is 0 Å². The van der Waals surface area contributed by atoms with E-state index in [2.05, 4.69) is 40.8 Å². The molecule has 8 heteroatoms. The Morgan fingerprint density at radius 2 is 1.50 bits per heavy atom. The maximum atomic E-state index is 12.3. The van der Waals surface area contributed by atoms with Crippen LogP contribution in [0.3, 0.4) is 0 Å². The molecule has 0 aliphatic rings.